The SMILES string of the molecule is COc1cc(CCC(=O)c2sc(C)c3c2C[C@@H]2C3C2(C)C)cc(Cl)c1OC[C@@H](O)CO. The van der Waals surface area contributed by atoms with Crippen LogP contribution >= 0.6 is 22.9 Å². The van der Waals surface area contributed by atoms with Crippen molar-refractivity contribution in [2.45, 2.75) is 52.1 Å². The Labute approximate surface area is 192 Å². The standard InChI is InChI=1S/C24H29ClO5S/c1-12-20-15(9-16-21(20)24(16,2)3)23(31-12)18(28)6-5-13-7-17(25)22(19(8-13)29-4)30-11-14(27)10-26/h7-8,14,16,21,26-27H,5-6,9-11H2,1-4H3/t14-,16+,21?/m0/s1. The molecular weight excluding hydrogens is 436 g/mol. The molecule has 4 rings (SSSR count). The summed E-state index contributed by atoms with van der Waals surface area (Å²) >= 11 is 8.02. The Hall–Kier alpha value is -1.60. The van der Waals surface area contributed by atoms with Gasteiger partial charge in [0.2, 0.25) is 0 Å². The monoisotopic (exact) mass is 464 g/mol. The van der Waals surface area contributed by atoms with Gasteiger partial charge in [-0.15, -0.1) is 11.3 Å². The highest BCUT2D eigenvalue weighted by Crippen LogP contribution is 2.71. The lowest BCUT2D eigenvalue weighted by Gasteiger charge is -2.15. The molecule has 1 unspecified atom stereocenters. The quantitative estimate of drug-likeness (QED) is 0.532. The summed E-state index contributed by atoms with van der Waals surface area (Å²) in [6, 6.07) is 3.57. The van der Waals surface area contributed by atoms with E-state index in [2.05, 4.69) is 20.8 Å². The highest BCUT2D eigenvalue weighted by molar-refractivity contribution is 7.14. The second kappa shape index (κ2) is 8.39. The van der Waals surface area contributed by atoms with Gasteiger partial charge in [-0.05, 0) is 65.8 Å². The first-order valence-electron chi connectivity index (χ1n) is 10.6. The van der Waals surface area contributed by atoms with Gasteiger partial charge in [-0.3, -0.25) is 4.79 Å². The molecule has 2 N–H and O–H groups in total. The second-order valence-corrected chi connectivity index (χ2v) is 10.8. The van der Waals surface area contributed by atoms with Gasteiger partial charge in [0.1, 0.15) is 12.7 Å². The van der Waals surface area contributed by atoms with Gasteiger partial charge in [-0.1, -0.05) is 25.4 Å². The Morgan fingerprint density at radius 3 is 2.81 bits per heavy atom. The Bertz CT molecular complexity index is 1010. The van der Waals surface area contributed by atoms with Crippen molar-refractivity contribution in [3.05, 3.63) is 43.6 Å². The maximum atomic E-state index is 13.1. The minimum atomic E-state index is -0.995. The van der Waals surface area contributed by atoms with Crippen LogP contribution in [0.3, 0.4) is 0 Å². The molecule has 1 aromatic heterocycles. The molecule has 1 fully saturated rings. The van der Waals surface area contributed by atoms with Crippen molar-refractivity contribution >= 4 is 28.7 Å². The maximum Gasteiger partial charge on any atom is 0.179 e. The predicted molar refractivity (Wildman–Crippen MR) is 122 cm³/mol. The van der Waals surface area contributed by atoms with Crippen molar-refractivity contribution in [2.75, 3.05) is 20.3 Å². The summed E-state index contributed by atoms with van der Waals surface area (Å²) in [5, 5.41) is 18.8. The predicted octanol–water partition coefficient (Wildman–Crippen LogP) is 4.56. The van der Waals surface area contributed by atoms with Crippen LogP contribution in [0.1, 0.15) is 57.4 Å². The number of halogens is 1. The van der Waals surface area contributed by atoms with Gasteiger partial charge in [-0.2, -0.15) is 0 Å². The molecule has 1 saturated carbocycles. The lowest BCUT2D eigenvalue weighted by molar-refractivity contribution is 0.0527. The number of ketones is 1. The summed E-state index contributed by atoms with van der Waals surface area (Å²) in [6.07, 6.45) is 1.00. The number of carbonyl (C=O) groups excluding carboxylic acids is 1. The third kappa shape index (κ3) is 3.99. The zero-order chi connectivity index (χ0) is 22.5. The average molecular weight is 465 g/mol. The molecule has 3 atom stereocenters. The van der Waals surface area contributed by atoms with E-state index in [1.54, 1.807) is 17.4 Å². The molecule has 0 aliphatic heterocycles. The molecule has 5 nitrogen and oxygen atoms in total. The van der Waals surface area contributed by atoms with Crippen LogP contribution in [0.4, 0.5) is 0 Å². The van der Waals surface area contributed by atoms with Gasteiger partial charge in [0.25, 0.3) is 0 Å². The first kappa shape index (κ1) is 22.6. The third-order valence-electron chi connectivity index (χ3n) is 6.83. The largest absolute Gasteiger partial charge is 0.493 e. The van der Waals surface area contributed by atoms with E-state index >= 15 is 0 Å². The minimum Gasteiger partial charge on any atom is -0.493 e. The molecule has 0 radical (unpaired) electrons. The van der Waals surface area contributed by atoms with Gasteiger partial charge < -0.3 is 19.7 Å². The minimum absolute atomic E-state index is 0.0912. The Morgan fingerprint density at radius 1 is 1.39 bits per heavy atom. The number of hydrogen-bond donors (Lipinski definition) is 2. The molecule has 0 spiro atoms. The summed E-state index contributed by atoms with van der Waals surface area (Å²) in [4.78, 5) is 15.3. The lowest BCUT2D eigenvalue weighted by atomic mass is 9.94. The summed E-state index contributed by atoms with van der Waals surface area (Å²) in [5.41, 5.74) is 4.01. The van der Waals surface area contributed by atoms with Crippen molar-refractivity contribution in [3.63, 3.8) is 0 Å². The zero-order valence-corrected chi connectivity index (χ0v) is 19.9. The molecule has 0 bridgehead atoms. The van der Waals surface area contributed by atoms with Crippen LogP contribution in [-0.2, 0) is 12.8 Å². The smallest absolute Gasteiger partial charge is 0.179 e. The molecule has 168 valence electrons. The van der Waals surface area contributed by atoms with Crippen LogP contribution < -0.4 is 9.47 Å². The van der Waals surface area contributed by atoms with Gasteiger partial charge in [0, 0.05) is 11.3 Å². The van der Waals surface area contributed by atoms with Crippen molar-refractivity contribution in [1.29, 1.82) is 0 Å². The van der Waals surface area contributed by atoms with Crippen LogP contribution in [0, 0.1) is 18.3 Å². The number of Topliss-reactive ketones (excluding diaryl/α,β-unsaturated/α-hetero) is 1. The van der Waals surface area contributed by atoms with Crippen LogP contribution in [0.25, 0.3) is 0 Å². The number of rotatable bonds is 9. The number of benzene rings is 1. The van der Waals surface area contributed by atoms with Crippen LogP contribution in [-0.4, -0.2) is 42.4 Å². The van der Waals surface area contributed by atoms with E-state index in [-0.39, 0.29) is 12.4 Å². The fourth-order valence-corrected chi connectivity index (χ4v) is 6.50. The van der Waals surface area contributed by atoms with E-state index in [9.17, 15) is 9.90 Å². The molecule has 2 aliphatic carbocycles. The summed E-state index contributed by atoms with van der Waals surface area (Å²) < 4.78 is 10.9. The van der Waals surface area contributed by atoms with E-state index in [1.807, 2.05) is 6.07 Å². The maximum absolute atomic E-state index is 13.1. The zero-order valence-electron chi connectivity index (χ0n) is 18.3. The van der Waals surface area contributed by atoms with Gasteiger partial charge in [0.05, 0.1) is 23.6 Å². The third-order valence-corrected chi connectivity index (χ3v) is 8.32. The number of aliphatic hydroxyl groups excluding tert-OH is 2. The molecule has 0 saturated heterocycles. The number of thiophene rings is 1. The first-order valence-corrected chi connectivity index (χ1v) is 11.8. The summed E-state index contributed by atoms with van der Waals surface area (Å²) in [6.45, 7) is 6.32. The summed E-state index contributed by atoms with van der Waals surface area (Å²) in [5.74, 6) is 2.27. The van der Waals surface area contributed by atoms with Crippen LogP contribution in [0.15, 0.2) is 12.1 Å². The van der Waals surface area contributed by atoms with E-state index in [0.29, 0.717) is 46.6 Å². The normalized spacial score (nSPS) is 21.4. The number of hydrogen-bond acceptors (Lipinski definition) is 6. The average Bonchev–Trinajstić information content (AvgIpc) is 3.06. The van der Waals surface area contributed by atoms with Crippen molar-refractivity contribution in [2.24, 2.45) is 11.3 Å². The molecule has 2 aliphatic rings. The van der Waals surface area contributed by atoms with Crippen LogP contribution in [0.5, 0.6) is 11.5 Å². The van der Waals surface area contributed by atoms with E-state index in [0.717, 1.165) is 16.9 Å². The number of fused-ring (bicyclic) bond motifs is 3. The van der Waals surface area contributed by atoms with Gasteiger partial charge >= 0.3 is 0 Å². The molecule has 2 aromatic rings. The van der Waals surface area contributed by atoms with Crippen molar-refractivity contribution in [3.8, 4) is 11.5 Å². The highest BCUT2D eigenvalue weighted by atomic mass is 35.5. The fourth-order valence-electron chi connectivity index (χ4n) is 5.02. The molecule has 0 amide bonds. The lowest BCUT2D eigenvalue weighted by Crippen LogP contribution is -2.21. The molecular formula is C24H29ClO5S. The van der Waals surface area contributed by atoms with Crippen molar-refractivity contribution < 1.29 is 24.5 Å². The number of ether oxygens (including phenoxy) is 2. The first-order chi connectivity index (χ1) is 14.7. The number of carbonyl (C=O) groups is 1. The Kier molecular flexibility index (Phi) is 6.12. The Balaban J connectivity index is 1.45. The molecule has 7 heteroatoms. The summed E-state index contributed by atoms with van der Waals surface area (Å²) in [7, 11) is 1.51. The fraction of sp³-hybridized carbons (Fsp3) is 0.542. The Morgan fingerprint density at radius 2 is 2.13 bits per heavy atom. The molecule has 1 heterocycles. The molecule has 1 aromatic carbocycles. The van der Waals surface area contributed by atoms with Gasteiger partial charge in [0.15, 0.2) is 17.3 Å². The van der Waals surface area contributed by atoms with Crippen LogP contribution in [0.2, 0.25) is 5.02 Å². The topological polar surface area (TPSA) is 76.0 Å². The number of aliphatic hydroxyl groups is 2. The number of methoxy groups -OCH3 is 1. The molecule has 31 heavy (non-hydrogen) atoms. The van der Waals surface area contributed by atoms with E-state index in [1.165, 1.54) is 23.1 Å². The second-order valence-electron chi connectivity index (χ2n) is 9.17. The van der Waals surface area contributed by atoms with Crippen molar-refractivity contribution in [1.82, 2.24) is 0 Å². The van der Waals surface area contributed by atoms with Gasteiger partial charge in [-0.25, -0.2) is 0 Å². The highest BCUT2D eigenvalue weighted by Gasteiger charge is 2.63. The van der Waals surface area contributed by atoms with E-state index in [4.69, 9.17) is 26.2 Å². The van der Waals surface area contributed by atoms with E-state index < -0.39 is 12.7 Å². The number of aryl methyl sites for hydroxylation is 2.